The van der Waals surface area contributed by atoms with E-state index in [1.165, 1.54) is 12.1 Å². The predicted octanol–water partition coefficient (Wildman–Crippen LogP) is 2.61. The smallest absolute Gasteiger partial charge is 0.309 e. The van der Waals surface area contributed by atoms with Gasteiger partial charge < -0.3 is 9.84 Å². The Balaban J connectivity index is 1.93. The average Bonchev–Trinajstić information content (AvgIpc) is 2.97. The van der Waals surface area contributed by atoms with E-state index >= 15 is 0 Å². The number of halogens is 1. The maximum Gasteiger partial charge on any atom is 0.309 e. The molecule has 0 unspecified atom stereocenters. The number of hydrogen-bond donors (Lipinski definition) is 1. The molecule has 2 aromatic rings. The second-order valence-corrected chi connectivity index (χ2v) is 6.38. The van der Waals surface area contributed by atoms with Crippen LogP contribution in [0.4, 0.5) is 4.39 Å². The number of hydrogen-bond acceptors (Lipinski definition) is 5. The third kappa shape index (κ3) is 3.93. The molecule has 1 aliphatic rings. The third-order valence-corrected chi connectivity index (χ3v) is 4.01. The molecule has 25 heavy (non-hydrogen) atoms. The standard InChI is InChI=1S/C18H20FN3O3/c1-11(2)18-16(8-7-15-9-14(23)10-17(24)25-15)22(21-20-18)13-5-3-12(19)4-6-13/h3-8,11,14-15,23H,9-10H2,1-2H3/b8-7+/t14-,15-/m1/s1. The molecular formula is C18H20FN3O3. The maximum absolute atomic E-state index is 13.2. The molecule has 0 radical (unpaired) electrons. The Morgan fingerprint density at radius 2 is 2.08 bits per heavy atom. The number of rotatable bonds is 4. The maximum atomic E-state index is 13.2. The fourth-order valence-electron chi connectivity index (χ4n) is 2.77. The zero-order chi connectivity index (χ0) is 18.0. The molecule has 1 aromatic carbocycles. The van der Waals surface area contributed by atoms with Gasteiger partial charge in [-0.1, -0.05) is 19.1 Å². The lowest BCUT2D eigenvalue weighted by molar-refractivity contribution is -0.156. The van der Waals surface area contributed by atoms with Gasteiger partial charge in [0, 0.05) is 6.42 Å². The lowest BCUT2D eigenvalue weighted by Crippen LogP contribution is -2.31. The number of ether oxygens (including phenoxy) is 1. The Morgan fingerprint density at radius 1 is 1.36 bits per heavy atom. The Hall–Kier alpha value is -2.54. The van der Waals surface area contributed by atoms with Crippen molar-refractivity contribution >= 4 is 12.0 Å². The number of aromatic nitrogens is 3. The molecule has 0 saturated carbocycles. The van der Waals surface area contributed by atoms with Crippen molar-refractivity contribution in [3.63, 3.8) is 0 Å². The van der Waals surface area contributed by atoms with Crippen molar-refractivity contribution in [3.05, 3.63) is 47.5 Å². The summed E-state index contributed by atoms with van der Waals surface area (Å²) in [5.74, 6) is -0.607. The largest absolute Gasteiger partial charge is 0.458 e. The van der Waals surface area contributed by atoms with Gasteiger partial charge in [-0.05, 0) is 42.3 Å². The highest BCUT2D eigenvalue weighted by Gasteiger charge is 2.25. The number of benzene rings is 1. The average molecular weight is 345 g/mol. The molecule has 1 aliphatic heterocycles. The summed E-state index contributed by atoms with van der Waals surface area (Å²) >= 11 is 0. The molecule has 7 heteroatoms. The van der Waals surface area contributed by atoms with E-state index in [-0.39, 0.29) is 18.2 Å². The van der Waals surface area contributed by atoms with Crippen molar-refractivity contribution < 1.29 is 19.0 Å². The molecule has 0 spiro atoms. The molecule has 6 nitrogen and oxygen atoms in total. The van der Waals surface area contributed by atoms with Crippen LogP contribution in [0.25, 0.3) is 11.8 Å². The first-order valence-corrected chi connectivity index (χ1v) is 8.21. The Kier molecular flexibility index (Phi) is 4.94. The highest BCUT2D eigenvalue weighted by Crippen LogP contribution is 2.23. The van der Waals surface area contributed by atoms with Crippen LogP contribution in [0.5, 0.6) is 0 Å². The zero-order valence-electron chi connectivity index (χ0n) is 14.1. The predicted molar refractivity (Wildman–Crippen MR) is 89.6 cm³/mol. The summed E-state index contributed by atoms with van der Waals surface area (Å²) < 4.78 is 20.0. The molecule has 1 fully saturated rings. The van der Waals surface area contributed by atoms with Crippen LogP contribution in [0.15, 0.2) is 30.3 Å². The Morgan fingerprint density at radius 3 is 2.72 bits per heavy atom. The van der Waals surface area contributed by atoms with Gasteiger partial charge >= 0.3 is 5.97 Å². The molecular weight excluding hydrogens is 325 g/mol. The number of cyclic esters (lactones) is 1. The van der Waals surface area contributed by atoms with E-state index in [4.69, 9.17) is 4.74 Å². The van der Waals surface area contributed by atoms with E-state index in [2.05, 4.69) is 10.3 Å². The van der Waals surface area contributed by atoms with Gasteiger partial charge in [-0.2, -0.15) is 0 Å². The van der Waals surface area contributed by atoms with Gasteiger partial charge in [0.1, 0.15) is 11.9 Å². The summed E-state index contributed by atoms with van der Waals surface area (Å²) in [5.41, 5.74) is 2.20. The minimum absolute atomic E-state index is 0.0245. The van der Waals surface area contributed by atoms with Gasteiger partial charge in [0.25, 0.3) is 0 Å². The summed E-state index contributed by atoms with van der Waals surface area (Å²) in [6.07, 6.45) is 2.71. The van der Waals surface area contributed by atoms with E-state index in [0.29, 0.717) is 12.1 Å². The van der Waals surface area contributed by atoms with E-state index < -0.39 is 18.2 Å². The monoisotopic (exact) mass is 345 g/mol. The normalized spacial score (nSPS) is 21.1. The van der Waals surface area contributed by atoms with Crippen LogP contribution >= 0.6 is 0 Å². The van der Waals surface area contributed by atoms with Gasteiger partial charge in [-0.25, -0.2) is 9.07 Å². The van der Waals surface area contributed by atoms with Gasteiger partial charge in [0.05, 0.1) is 29.6 Å². The van der Waals surface area contributed by atoms with Gasteiger partial charge in [0.15, 0.2) is 0 Å². The van der Waals surface area contributed by atoms with Crippen molar-refractivity contribution in [1.29, 1.82) is 0 Å². The summed E-state index contributed by atoms with van der Waals surface area (Å²) in [7, 11) is 0. The fourth-order valence-corrected chi connectivity index (χ4v) is 2.77. The number of carbonyl (C=O) groups is 1. The van der Waals surface area contributed by atoms with E-state index in [0.717, 1.165) is 11.4 Å². The molecule has 0 aliphatic carbocycles. The number of aliphatic hydroxyl groups is 1. The van der Waals surface area contributed by atoms with Crippen molar-refractivity contribution in [1.82, 2.24) is 15.0 Å². The highest BCUT2D eigenvalue weighted by atomic mass is 19.1. The minimum Gasteiger partial charge on any atom is -0.458 e. The lowest BCUT2D eigenvalue weighted by atomic mass is 10.0. The first-order valence-electron chi connectivity index (χ1n) is 8.21. The molecule has 0 amide bonds. The quantitative estimate of drug-likeness (QED) is 0.862. The first-order chi connectivity index (χ1) is 11.9. The SMILES string of the molecule is CC(C)c1nnn(-c2ccc(F)cc2)c1/C=C/[C@@H]1C[C@@H](O)CC(=O)O1. The lowest BCUT2D eigenvalue weighted by Gasteiger charge is -2.23. The van der Waals surface area contributed by atoms with Crippen LogP contribution in [-0.4, -0.2) is 38.3 Å². The van der Waals surface area contributed by atoms with Gasteiger partial charge in [0.2, 0.25) is 0 Å². The van der Waals surface area contributed by atoms with Crippen molar-refractivity contribution in [2.24, 2.45) is 0 Å². The van der Waals surface area contributed by atoms with Crippen LogP contribution in [0.2, 0.25) is 0 Å². The molecule has 2 heterocycles. The van der Waals surface area contributed by atoms with E-state index in [9.17, 15) is 14.3 Å². The third-order valence-electron chi connectivity index (χ3n) is 4.01. The second kappa shape index (κ2) is 7.14. The molecule has 0 bridgehead atoms. The summed E-state index contributed by atoms with van der Waals surface area (Å²) in [6.45, 7) is 4.00. The zero-order valence-corrected chi connectivity index (χ0v) is 14.1. The van der Waals surface area contributed by atoms with Crippen LogP contribution in [-0.2, 0) is 9.53 Å². The minimum atomic E-state index is -0.694. The van der Waals surface area contributed by atoms with Gasteiger partial charge in [-0.3, -0.25) is 4.79 Å². The summed E-state index contributed by atoms with van der Waals surface area (Å²) in [5, 5.41) is 18.1. The summed E-state index contributed by atoms with van der Waals surface area (Å²) in [4.78, 5) is 11.5. The van der Waals surface area contributed by atoms with Crippen molar-refractivity contribution in [3.8, 4) is 5.69 Å². The number of esters is 1. The second-order valence-electron chi connectivity index (χ2n) is 6.38. The topological polar surface area (TPSA) is 77.2 Å². The van der Waals surface area contributed by atoms with E-state index in [1.54, 1.807) is 29.0 Å². The molecule has 1 aromatic heterocycles. The van der Waals surface area contributed by atoms with Crippen LogP contribution in [0.3, 0.4) is 0 Å². The summed E-state index contributed by atoms with van der Waals surface area (Å²) in [6, 6.07) is 5.96. The molecule has 1 saturated heterocycles. The molecule has 1 N–H and O–H groups in total. The van der Waals surface area contributed by atoms with Crippen LogP contribution in [0, 0.1) is 5.82 Å². The fraction of sp³-hybridized carbons (Fsp3) is 0.389. The number of nitrogens with zero attached hydrogens (tertiary/aromatic N) is 3. The number of carbonyl (C=O) groups excluding carboxylic acids is 1. The Bertz CT molecular complexity index is 783. The van der Waals surface area contributed by atoms with E-state index in [1.807, 2.05) is 13.8 Å². The van der Waals surface area contributed by atoms with Gasteiger partial charge in [-0.15, -0.1) is 5.10 Å². The molecule has 3 rings (SSSR count). The Labute approximate surface area is 144 Å². The molecule has 132 valence electrons. The molecule has 2 atom stereocenters. The van der Waals surface area contributed by atoms with Crippen molar-refractivity contribution in [2.45, 2.75) is 44.8 Å². The van der Waals surface area contributed by atoms with Crippen molar-refractivity contribution in [2.75, 3.05) is 0 Å². The number of aliphatic hydroxyl groups excluding tert-OH is 1. The highest BCUT2D eigenvalue weighted by molar-refractivity contribution is 5.71. The van der Waals surface area contributed by atoms with Crippen LogP contribution < -0.4 is 0 Å². The first kappa shape index (κ1) is 17.3. The van der Waals surface area contributed by atoms with Crippen LogP contribution in [0.1, 0.15) is 44.0 Å².